The average Bonchev–Trinajstić information content (AvgIpc) is 3.39. The summed E-state index contributed by atoms with van der Waals surface area (Å²) in [6.07, 6.45) is 5.98. The zero-order valence-corrected chi connectivity index (χ0v) is 16.4. The van der Waals surface area contributed by atoms with E-state index in [9.17, 15) is 23.1 Å². The quantitative estimate of drug-likeness (QED) is 0.644. The first kappa shape index (κ1) is 21.1. The minimum absolute atomic E-state index is 0.0743. The van der Waals surface area contributed by atoms with Crippen molar-refractivity contribution in [3.63, 3.8) is 0 Å². The average molecular weight is 434 g/mol. The first-order valence-corrected chi connectivity index (χ1v) is 9.78. The molecule has 31 heavy (non-hydrogen) atoms. The maximum absolute atomic E-state index is 14.6. The fraction of sp³-hybridized carbons (Fsp3) is 0.381. The molecule has 0 bridgehead atoms. The number of carbonyl (C=O) groups is 1. The number of halogens is 3. The van der Waals surface area contributed by atoms with Gasteiger partial charge in [0.05, 0.1) is 24.5 Å². The zero-order valence-electron chi connectivity index (χ0n) is 16.4. The summed E-state index contributed by atoms with van der Waals surface area (Å²) in [6.45, 7) is -3.13. The topological polar surface area (TPSA) is 110 Å². The Morgan fingerprint density at radius 3 is 2.68 bits per heavy atom. The predicted octanol–water partition coefficient (Wildman–Crippen LogP) is 3.16. The van der Waals surface area contributed by atoms with Gasteiger partial charge >= 0.3 is 6.61 Å². The van der Waals surface area contributed by atoms with Crippen LogP contribution in [0.25, 0.3) is 11.9 Å². The van der Waals surface area contributed by atoms with E-state index >= 15 is 0 Å². The molecule has 0 unspecified atom stereocenters. The molecule has 4 N–H and O–H groups in total. The van der Waals surface area contributed by atoms with Crippen LogP contribution in [0.2, 0.25) is 0 Å². The largest absolute Gasteiger partial charge is 0.434 e. The molecule has 1 spiro atoms. The summed E-state index contributed by atoms with van der Waals surface area (Å²) in [4.78, 5) is 20.2. The Hall–Kier alpha value is -3.14. The third-order valence-corrected chi connectivity index (χ3v) is 5.72. The van der Waals surface area contributed by atoms with Crippen LogP contribution in [0.15, 0.2) is 30.6 Å². The standard InChI is InChI=1S/C21H21F3N4O3/c22-13(15-9-27-18(25)10-26-15)6-12-5-11(1-2-17(12)31-20(23)24)19(30)28-14-7-21(3-4-21)8-16(14)29/h1-2,5-6,9-10,14,16,20,29H,3-4,7-8H2,(H2,25,27)(H,28,30)/b13-6-/t14-,16-/m0/s1. The van der Waals surface area contributed by atoms with Crippen molar-refractivity contribution in [1.29, 1.82) is 0 Å². The van der Waals surface area contributed by atoms with E-state index in [2.05, 4.69) is 20.0 Å². The molecule has 2 saturated carbocycles. The first-order chi connectivity index (χ1) is 14.7. The van der Waals surface area contributed by atoms with Gasteiger partial charge in [0, 0.05) is 11.1 Å². The lowest BCUT2D eigenvalue weighted by atomic mass is 10.1. The van der Waals surface area contributed by atoms with E-state index in [0.29, 0.717) is 12.8 Å². The van der Waals surface area contributed by atoms with E-state index in [1.807, 2.05) is 0 Å². The van der Waals surface area contributed by atoms with Gasteiger partial charge in [0.25, 0.3) is 5.91 Å². The minimum Gasteiger partial charge on any atom is -0.434 e. The van der Waals surface area contributed by atoms with Crippen molar-refractivity contribution in [2.24, 2.45) is 5.41 Å². The lowest BCUT2D eigenvalue weighted by Gasteiger charge is -2.17. The molecule has 7 nitrogen and oxygen atoms in total. The summed E-state index contributed by atoms with van der Waals surface area (Å²) < 4.78 is 44.6. The number of aromatic nitrogens is 2. The number of aliphatic hydroxyl groups excluding tert-OH is 1. The van der Waals surface area contributed by atoms with Crippen molar-refractivity contribution in [2.45, 2.75) is 44.4 Å². The smallest absolute Gasteiger partial charge is 0.387 e. The van der Waals surface area contributed by atoms with E-state index in [1.165, 1.54) is 18.2 Å². The van der Waals surface area contributed by atoms with Crippen molar-refractivity contribution in [2.75, 3.05) is 5.73 Å². The predicted molar refractivity (Wildman–Crippen MR) is 107 cm³/mol. The summed E-state index contributed by atoms with van der Waals surface area (Å²) in [5.41, 5.74) is 5.44. The Balaban J connectivity index is 1.58. The normalized spacial score (nSPS) is 22.0. The molecule has 2 aliphatic carbocycles. The highest BCUT2D eigenvalue weighted by atomic mass is 19.3. The highest BCUT2D eigenvalue weighted by Crippen LogP contribution is 2.57. The fourth-order valence-corrected chi connectivity index (χ4v) is 3.93. The number of benzene rings is 1. The van der Waals surface area contributed by atoms with Crippen molar-refractivity contribution >= 4 is 23.6 Å². The second-order valence-corrected chi connectivity index (χ2v) is 8.01. The summed E-state index contributed by atoms with van der Waals surface area (Å²) in [6, 6.07) is 3.33. The van der Waals surface area contributed by atoms with Crippen molar-refractivity contribution in [3.8, 4) is 5.75 Å². The van der Waals surface area contributed by atoms with Gasteiger partial charge in [-0.2, -0.15) is 8.78 Å². The van der Waals surface area contributed by atoms with E-state index in [-0.39, 0.29) is 39.8 Å². The van der Waals surface area contributed by atoms with Gasteiger partial charge in [-0.05, 0) is 55.4 Å². The fourth-order valence-electron chi connectivity index (χ4n) is 3.93. The molecule has 0 saturated heterocycles. The Morgan fingerprint density at radius 1 is 1.29 bits per heavy atom. The van der Waals surface area contributed by atoms with E-state index in [1.54, 1.807) is 0 Å². The van der Waals surface area contributed by atoms with Crippen LogP contribution in [-0.2, 0) is 0 Å². The van der Waals surface area contributed by atoms with Crippen LogP contribution in [0, 0.1) is 5.41 Å². The highest BCUT2D eigenvalue weighted by Gasteiger charge is 2.52. The van der Waals surface area contributed by atoms with Gasteiger partial charge in [-0.25, -0.2) is 14.4 Å². The van der Waals surface area contributed by atoms with Gasteiger partial charge in [0.2, 0.25) is 0 Å². The number of nitrogens with zero attached hydrogens (tertiary/aromatic N) is 2. The molecular weight excluding hydrogens is 413 g/mol. The summed E-state index contributed by atoms with van der Waals surface area (Å²) in [5.74, 6) is -1.57. The summed E-state index contributed by atoms with van der Waals surface area (Å²) in [5, 5.41) is 13.0. The number of carbonyl (C=O) groups excluding carboxylic acids is 1. The van der Waals surface area contributed by atoms with Gasteiger partial charge < -0.3 is 20.9 Å². The maximum atomic E-state index is 14.6. The van der Waals surface area contributed by atoms with Gasteiger partial charge in [0.15, 0.2) is 5.83 Å². The molecular formula is C21H21F3N4O3. The van der Waals surface area contributed by atoms with Crippen LogP contribution in [0.1, 0.15) is 47.3 Å². The lowest BCUT2D eigenvalue weighted by Crippen LogP contribution is -2.39. The number of hydrogen-bond donors (Lipinski definition) is 3. The summed E-state index contributed by atoms with van der Waals surface area (Å²) in [7, 11) is 0. The van der Waals surface area contributed by atoms with Crippen LogP contribution in [0.3, 0.4) is 0 Å². The van der Waals surface area contributed by atoms with Crippen LogP contribution >= 0.6 is 0 Å². The molecule has 1 aromatic carbocycles. The molecule has 1 aromatic heterocycles. The molecule has 2 aromatic rings. The lowest BCUT2D eigenvalue weighted by molar-refractivity contribution is -0.0499. The Kier molecular flexibility index (Phi) is 5.57. The molecule has 164 valence electrons. The van der Waals surface area contributed by atoms with Crippen molar-refractivity contribution < 1.29 is 27.8 Å². The number of aliphatic hydroxyl groups is 1. The zero-order chi connectivity index (χ0) is 22.2. The number of hydrogen-bond acceptors (Lipinski definition) is 6. The minimum atomic E-state index is -3.13. The second kappa shape index (κ2) is 8.18. The second-order valence-electron chi connectivity index (χ2n) is 8.01. The van der Waals surface area contributed by atoms with Crippen LogP contribution < -0.4 is 15.8 Å². The van der Waals surface area contributed by atoms with Crippen molar-refractivity contribution in [3.05, 3.63) is 47.4 Å². The third-order valence-electron chi connectivity index (χ3n) is 5.72. The van der Waals surface area contributed by atoms with Crippen molar-refractivity contribution in [1.82, 2.24) is 15.3 Å². The molecule has 2 aliphatic rings. The van der Waals surface area contributed by atoms with Gasteiger partial charge in [0.1, 0.15) is 17.3 Å². The number of ether oxygens (including phenoxy) is 1. The highest BCUT2D eigenvalue weighted by molar-refractivity contribution is 5.96. The molecule has 4 rings (SSSR count). The van der Waals surface area contributed by atoms with Crippen LogP contribution in [-0.4, -0.2) is 39.7 Å². The Bertz CT molecular complexity index is 1010. The molecule has 0 radical (unpaired) electrons. The Labute approximate surface area is 176 Å². The number of alkyl halides is 2. The molecule has 2 atom stereocenters. The molecule has 10 heteroatoms. The maximum Gasteiger partial charge on any atom is 0.387 e. The van der Waals surface area contributed by atoms with Gasteiger partial charge in [-0.3, -0.25) is 4.79 Å². The summed E-state index contributed by atoms with van der Waals surface area (Å²) >= 11 is 0. The van der Waals surface area contributed by atoms with Crippen LogP contribution in [0.5, 0.6) is 5.75 Å². The van der Waals surface area contributed by atoms with Gasteiger partial charge in [-0.15, -0.1) is 0 Å². The SMILES string of the molecule is Nc1cnc(/C(F)=C/c2cc(C(=O)N[C@H]3CC4(CC4)C[C@@H]3O)ccc2OC(F)F)cn1. The monoisotopic (exact) mass is 434 g/mol. The van der Waals surface area contributed by atoms with E-state index in [0.717, 1.165) is 31.3 Å². The number of nitrogens with two attached hydrogens (primary N) is 1. The number of nitrogen functional groups attached to an aromatic ring is 1. The first-order valence-electron chi connectivity index (χ1n) is 9.78. The molecule has 0 aliphatic heterocycles. The van der Waals surface area contributed by atoms with E-state index in [4.69, 9.17) is 5.73 Å². The number of nitrogens with one attached hydrogen (secondary N) is 1. The number of amides is 1. The Morgan fingerprint density at radius 2 is 2.06 bits per heavy atom. The van der Waals surface area contributed by atoms with E-state index < -0.39 is 24.4 Å². The van der Waals surface area contributed by atoms with Gasteiger partial charge in [-0.1, -0.05) is 0 Å². The number of anilines is 1. The third kappa shape index (κ3) is 4.79. The van der Waals surface area contributed by atoms with Crippen LogP contribution in [0.4, 0.5) is 19.0 Å². The number of rotatable bonds is 6. The molecule has 2 fully saturated rings. The molecule has 1 amide bonds. The molecule has 1 heterocycles.